The molecule has 1 fully saturated rings. The van der Waals surface area contributed by atoms with E-state index in [1.165, 1.54) is 6.42 Å². The van der Waals surface area contributed by atoms with Crippen LogP contribution in [0, 0.1) is 11.3 Å². The lowest BCUT2D eigenvalue weighted by atomic mass is 9.82. The molecule has 1 aliphatic heterocycles. The molecule has 0 bridgehead atoms. The van der Waals surface area contributed by atoms with Crippen molar-refractivity contribution in [3.05, 3.63) is 0 Å². The molecule has 2 heteroatoms. The van der Waals surface area contributed by atoms with Crippen molar-refractivity contribution < 1.29 is 4.79 Å². The third-order valence-corrected chi connectivity index (χ3v) is 3.23. The Kier molecular flexibility index (Phi) is 4.11. The summed E-state index contributed by atoms with van der Waals surface area (Å²) in [5, 5.41) is 3.27. The molecule has 0 aliphatic carbocycles. The summed E-state index contributed by atoms with van der Waals surface area (Å²) in [6, 6.07) is 0. The molecule has 1 saturated heterocycles. The van der Waals surface area contributed by atoms with E-state index in [-0.39, 0.29) is 5.41 Å². The van der Waals surface area contributed by atoms with Crippen LogP contribution in [0.15, 0.2) is 0 Å². The molecule has 1 rings (SSSR count). The summed E-state index contributed by atoms with van der Waals surface area (Å²) in [7, 11) is 0. The summed E-state index contributed by atoms with van der Waals surface area (Å²) in [5.41, 5.74) is -0.0586. The van der Waals surface area contributed by atoms with Crippen molar-refractivity contribution in [1.29, 1.82) is 0 Å². The molecule has 14 heavy (non-hydrogen) atoms. The first-order chi connectivity index (χ1) is 6.54. The van der Waals surface area contributed by atoms with E-state index < -0.39 is 0 Å². The highest BCUT2D eigenvalue weighted by molar-refractivity contribution is 5.85. The molecule has 2 nitrogen and oxygen atoms in total. The second-order valence-electron chi connectivity index (χ2n) is 5.20. The van der Waals surface area contributed by atoms with Crippen molar-refractivity contribution >= 4 is 5.78 Å². The van der Waals surface area contributed by atoms with Crippen molar-refractivity contribution in [3.8, 4) is 0 Å². The van der Waals surface area contributed by atoms with E-state index in [0.29, 0.717) is 5.78 Å². The van der Waals surface area contributed by atoms with Gasteiger partial charge in [0.2, 0.25) is 0 Å². The van der Waals surface area contributed by atoms with Crippen LogP contribution in [0.5, 0.6) is 0 Å². The first kappa shape index (κ1) is 11.7. The third kappa shape index (κ3) is 3.09. The molecule has 0 amide bonds. The molecule has 0 aromatic carbocycles. The van der Waals surface area contributed by atoms with E-state index >= 15 is 0 Å². The van der Waals surface area contributed by atoms with Gasteiger partial charge < -0.3 is 5.32 Å². The van der Waals surface area contributed by atoms with Gasteiger partial charge in [0.15, 0.2) is 0 Å². The van der Waals surface area contributed by atoms with Gasteiger partial charge in [-0.25, -0.2) is 0 Å². The van der Waals surface area contributed by atoms with Gasteiger partial charge in [0.25, 0.3) is 0 Å². The van der Waals surface area contributed by atoms with E-state index in [1.54, 1.807) is 0 Å². The summed E-state index contributed by atoms with van der Waals surface area (Å²) >= 11 is 0. The van der Waals surface area contributed by atoms with E-state index in [0.717, 1.165) is 38.3 Å². The SMILES string of the molecule is CC(C)CCCC(=O)C1(C)CCNC1. The molecular weight excluding hydrogens is 174 g/mol. The number of ketones is 1. The quantitative estimate of drug-likeness (QED) is 0.733. The standard InChI is InChI=1S/C12H23NO/c1-10(2)5-4-6-11(14)12(3)7-8-13-9-12/h10,13H,4-9H2,1-3H3. The summed E-state index contributed by atoms with van der Waals surface area (Å²) in [4.78, 5) is 11.9. The summed E-state index contributed by atoms with van der Waals surface area (Å²) in [5.74, 6) is 1.18. The Labute approximate surface area is 87.5 Å². The highest BCUT2D eigenvalue weighted by atomic mass is 16.1. The number of carbonyl (C=O) groups excluding carboxylic acids is 1. The molecule has 1 unspecified atom stereocenters. The van der Waals surface area contributed by atoms with E-state index in [9.17, 15) is 4.79 Å². The summed E-state index contributed by atoms with van der Waals surface area (Å²) < 4.78 is 0. The maximum atomic E-state index is 11.9. The zero-order valence-electron chi connectivity index (χ0n) is 9.73. The average Bonchev–Trinajstić information content (AvgIpc) is 2.52. The molecule has 1 heterocycles. The first-order valence-electron chi connectivity index (χ1n) is 5.78. The number of Topliss-reactive ketones (excluding diaryl/α,β-unsaturated/α-hetero) is 1. The van der Waals surface area contributed by atoms with Crippen LogP contribution < -0.4 is 5.32 Å². The van der Waals surface area contributed by atoms with Crippen molar-refractivity contribution in [2.75, 3.05) is 13.1 Å². The Balaban J connectivity index is 2.27. The number of carbonyl (C=O) groups is 1. The Morgan fingerprint density at radius 3 is 2.71 bits per heavy atom. The monoisotopic (exact) mass is 197 g/mol. The van der Waals surface area contributed by atoms with Gasteiger partial charge >= 0.3 is 0 Å². The van der Waals surface area contributed by atoms with Crippen LogP contribution in [0.1, 0.15) is 46.5 Å². The Bertz CT molecular complexity index is 192. The topological polar surface area (TPSA) is 29.1 Å². The molecule has 0 radical (unpaired) electrons. The normalized spacial score (nSPS) is 27.1. The van der Waals surface area contributed by atoms with Crippen molar-refractivity contribution in [2.24, 2.45) is 11.3 Å². The van der Waals surface area contributed by atoms with Crippen LogP contribution in [0.2, 0.25) is 0 Å². The van der Waals surface area contributed by atoms with Gasteiger partial charge in [-0.1, -0.05) is 27.2 Å². The van der Waals surface area contributed by atoms with Crippen LogP contribution in [-0.4, -0.2) is 18.9 Å². The zero-order chi connectivity index (χ0) is 10.6. The lowest BCUT2D eigenvalue weighted by Gasteiger charge is -2.20. The number of rotatable bonds is 5. The Hall–Kier alpha value is -0.370. The van der Waals surface area contributed by atoms with Crippen molar-refractivity contribution in [2.45, 2.75) is 46.5 Å². The van der Waals surface area contributed by atoms with Gasteiger partial charge in [-0.3, -0.25) is 4.79 Å². The molecule has 0 spiro atoms. The fourth-order valence-electron chi connectivity index (χ4n) is 2.03. The molecule has 1 N–H and O–H groups in total. The highest BCUT2D eigenvalue weighted by Crippen LogP contribution is 2.27. The fraction of sp³-hybridized carbons (Fsp3) is 0.917. The number of hydrogen-bond acceptors (Lipinski definition) is 2. The molecule has 0 aromatic rings. The smallest absolute Gasteiger partial charge is 0.140 e. The Morgan fingerprint density at radius 1 is 1.50 bits per heavy atom. The third-order valence-electron chi connectivity index (χ3n) is 3.23. The van der Waals surface area contributed by atoms with Gasteiger partial charge in [0.05, 0.1) is 0 Å². The van der Waals surface area contributed by atoms with Crippen LogP contribution in [0.4, 0.5) is 0 Å². The van der Waals surface area contributed by atoms with Gasteiger partial charge in [0, 0.05) is 18.4 Å². The van der Waals surface area contributed by atoms with Crippen molar-refractivity contribution in [3.63, 3.8) is 0 Å². The number of hydrogen-bond donors (Lipinski definition) is 1. The number of nitrogens with one attached hydrogen (secondary N) is 1. The van der Waals surface area contributed by atoms with Crippen LogP contribution in [-0.2, 0) is 4.79 Å². The van der Waals surface area contributed by atoms with E-state index in [4.69, 9.17) is 0 Å². The molecule has 0 aromatic heterocycles. The highest BCUT2D eigenvalue weighted by Gasteiger charge is 2.35. The molecule has 1 atom stereocenters. The maximum Gasteiger partial charge on any atom is 0.140 e. The first-order valence-corrected chi connectivity index (χ1v) is 5.78. The van der Waals surface area contributed by atoms with Crippen molar-refractivity contribution in [1.82, 2.24) is 5.32 Å². The van der Waals surface area contributed by atoms with E-state index in [1.807, 2.05) is 0 Å². The van der Waals surface area contributed by atoms with E-state index in [2.05, 4.69) is 26.1 Å². The predicted octanol–water partition coefficient (Wildman–Crippen LogP) is 2.38. The minimum absolute atomic E-state index is 0.0586. The minimum atomic E-state index is -0.0586. The molecule has 82 valence electrons. The van der Waals surface area contributed by atoms with Crippen LogP contribution >= 0.6 is 0 Å². The van der Waals surface area contributed by atoms with Gasteiger partial charge in [-0.05, 0) is 25.3 Å². The molecule has 0 saturated carbocycles. The van der Waals surface area contributed by atoms with Crippen LogP contribution in [0.3, 0.4) is 0 Å². The van der Waals surface area contributed by atoms with Crippen LogP contribution in [0.25, 0.3) is 0 Å². The predicted molar refractivity (Wildman–Crippen MR) is 59.3 cm³/mol. The fourth-order valence-corrected chi connectivity index (χ4v) is 2.03. The Morgan fingerprint density at radius 2 is 2.21 bits per heavy atom. The van der Waals surface area contributed by atoms with Gasteiger partial charge in [-0.15, -0.1) is 0 Å². The lowest BCUT2D eigenvalue weighted by molar-refractivity contribution is -0.127. The largest absolute Gasteiger partial charge is 0.316 e. The maximum absolute atomic E-state index is 11.9. The summed E-state index contributed by atoms with van der Waals surface area (Å²) in [6.45, 7) is 8.41. The zero-order valence-corrected chi connectivity index (χ0v) is 9.73. The second kappa shape index (κ2) is 4.92. The second-order valence-corrected chi connectivity index (χ2v) is 5.20. The van der Waals surface area contributed by atoms with Gasteiger partial charge in [-0.2, -0.15) is 0 Å². The lowest BCUT2D eigenvalue weighted by Crippen LogP contribution is -2.30. The molecule has 1 aliphatic rings. The minimum Gasteiger partial charge on any atom is -0.316 e. The summed E-state index contributed by atoms with van der Waals surface area (Å²) in [6.07, 6.45) is 4.03. The molecular formula is C12H23NO. The van der Waals surface area contributed by atoms with Gasteiger partial charge in [0.1, 0.15) is 5.78 Å². The average molecular weight is 197 g/mol.